The van der Waals surface area contributed by atoms with E-state index in [0.29, 0.717) is 0 Å². The molecule has 0 amide bonds. The standard InChI is InChI=1S/C12H20BrN3/c1-4-8-6-10(8)14-7-11-12(13)9(5-2)15-16(11)3/h8,10,14H,4-7H2,1-3H3. The lowest BCUT2D eigenvalue weighted by molar-refractivity contribution is 0.587. The number of nitrogens with zero attached hydrogens (tertiary/aromatic N) is 2. The number of nitrogens with one attached hydrogen (secondary N) is 1. The Bertz CT molecular complexity index is 373. The minimum atomic E-state index is 0.733. The molecule has 1 aromatic heterocycles. The predicted octanol–water partition coefficient (Wildman–Crippen LogP) is 2.63. The lowest BCUT2D eigenvalue weighted by Crippen LogP contribution is -2.19. The van der Waals surface area contributed by atoms with Crippen molar-refractivity contribution in [3.05, 3.63) is 15.9 Å². The van der Waals surface area contributed by atoms with Crippen molar-refractivity contribution in [3.8, 4) is 0 Å². The molecular formula is C12H20BrN3. The van der Waals surface area contributed by atoms with Crippen LogP contribution in [0.4, 0.5) is 0 Å². The molecule has 1 aromatic rings. The summed E-state index contributed by atoms with van der Waals surface area (Å²) in [5.41, 5.74) is 2.42. The fraction of sp³-hybridized carbons (Fsp3) is 0.750. The van der Waals surface area contributed by atoms with Crippen LogP contribution in [0, 0.1) is 5.92 Å². The molecule has 90 valence electrons. The predicted molar refractivity (Wildman–Crippen MR) is 69.3 cm³/mol. The number of rotatable bonds is 5. The largest absolute Gasteiger partial charge is 0.308 e. The normalized spacial score (nSPS) is 23.8. The molecule has 0 aromatic carbocycles. The zero-order valence-corrected chi connectivity index (χ0v) is 11.8. The fourth-order valence-electron chi connectivity index (χ4n) is 2.19. The maximum atomic E-state index is 4.50. The highest BCUT2D eigenvalue weighted by molar-refractivity contribution is 9.10. The van der Waals surface area contributed by atoms with E-state index in [1.807, 2.05) is 11.7 Å². The highest BCUT2D eigenvalue weighted by Crippen LogP contribution is 2.33. The first-order valence-corrected chi connectivity index (χ1v) is 6.90. The Hall–Kier alpha value is -0.350. The fourth-order valence-corrected chi connectivity index (χ4v) is 2.94. The van der Waals surface area contributed by atoms with Crippen LogP contribution in [-0.4, -0.2) is 15.8 Å². The van der Waals surface area contributed by atoms with Crippen LogP contribution in [0.5, 0.6) is 0 Å². The SMILES string of the molecule is CCc1nn(C)c(CNC2CC2CC)c1Br. The molecule has 2 rings (SSSR count). The van der Waals surface area contributed by atoms with Crippen LogP contribution >= 0.6 is 15.9 Å². The Balaban J connectivity index is 1.96. The molecule has 0 spiro atoms. The molecule has 1 aliphatic rings. The summed E-state index contributed by atoms with van der Waals surface area (Å²) in [4.78, 5) is 0. The van der Waals surface area contributed by atoms with Gasteiger partial charge in [-0.3, -0.25) is 4.68 Å². The summed E-state index contributed by atoms with van der Waals surface area (Å²) in [5.74, 6) is 0.901. The van der Waals surface area contributed by atoms with Crippen LogP contribution in [0.3, 0.4) is 0 Å². The van der Waals surface area contributed by atoms with Gasteiger partial charge >= 0.3 is 0 Å². The minimum absolute atomic E-state index is 0.733. The third-order valence-corrected chi connectivity index (χ3v) is 4.40. The summed E-state index contributed by atoms with van der Waals surface area (Å²) >= 11 is 3.64. The molecule has 2 unspecified atom stereocenters. The van der Waals surface area contributed by atoms with Crippen LogP contribution in [0.2, 0.25) is 0 Å². The zero-order valence-electron chi connectivity index (χ0n) is 10.3. The monoisotopic (exact) mass is 285 g/mol. The molecule has 3 nitrogen and oxygen atoms in total. The van der Waals surface area contributed by atoms with Crippen molar-refractivity contribution in [2.75, 3.05) is 0 Å². The van der Waals surface area contributed by atoms with Gasteiger partial charge in [-0.05, 0) is 34.7 Å². The molecule has 0 radical (unpaired) electrons. The smallest absolute Gasteiger partial charge is 0.0767 e. The van der Waals surface area contributed by atoms with Crippen molar-refractivity contribution < 1.29 is 0 Å². The summed E-state index contributed by atoms with van der Waals surface area (Å²) in [5, 5.41) is 8.10. The van der Waals surface area contributed by atoms with E-state index in [0.717, 1.165) is 30.6 Å². The molecule has 1 aliphatic carbocycles. The van der Waals surface area contributed by atoms with Crippen LogP contribution in [0.1, 0.15) is 38.1 Å². The van der Waals surface area contributed by atoms with Gasteiger partial charge in [0.25, 0.3) is 0 Å². The number of aromatic nitrogens is 2. The molecule has 16 heavy (non-hydrogen) atoms. The highest BCUT2D eigenvalue weighted by Gasteiger charge is 2.34. The lowest BCUT2D eigenvalue weighted by atomic mass is 10.3. The van der Waals surface area contributed by atoms with E-state index in [9.17, 15) is 0 Å². The molecule has 4 heteroatoms. The van der Waals surface area contributed by atoms with Gasteiger partial charge in [-0.1, -0.05) is 20.3 Å². The Morgan fingerprint density at radius 2 is 2.25 bits per heavy atom. The van der Waals surface area contributed by atoms with E-state index >= 15 is 0 Å². The van der Waals surface area contributed by atoms with Gasteiger partial charge in [-0.2, -0.15) is 5.10 Å². The zero-order chi connectivity index (χ0) is 11.7. The van der Waals surface area contributed by atoms with Gasteiger partial charge in [-0.15, -0.1) is 0 Å². The first-order chi connectivity index (χ1) is 7.67. The third kappa shape index (κ3) is 2.33. The summed E-state index contributed by atoms with van der Waals surface area (Å²) in [6.45, 7) is 5.32. The van der Waals surface area contributed by atoms with Gasteiger partial charge in [0.15, 0.2) is 0 Å². The lowest BCUT2D eigenvalue weighted by Gasteiger charge is -2.05. The van der Waals surface area contributed by atoms with Crippen LogP contribution < -0.4 is 5.32 Å². The van der Waals surface area contributed by atoms with E-state index in [-0.39, 0.29) is 0 Å². The second-order valence-electron chi connectivity index (χ2n) is 4.58. The highest BCUT2D eigenvalue weighted by atomic mass is 79.9. The van der Waals surface area contributed by atoms with Crippen molar-refractivity contribution in [2.45, 2.75) is 45.7 Å². The minimum Gasteiger partial charge on any atom is -0.308 e. The molecule has 0 saturated heterocycles. The van der Waals surface area contributed by atoms with Crippen molar-refractivity contribution in [1.82, 2.24) is 15.1 Å². The molecule has 0 bridgehead atoms. The molecule has 1 N–H and O–H groups in total. The second-order valence-corrected chi connectivity index (χ2v) is 5.37. The second kappa shape index (κ2) is 4.88. The average molecular weight is 286 g/mol. The van der Waals surface area contributed by atoms with E-state index in [2.05, 4.69) is 40.2 Å². The van der Waals surface area contributed by atoms with E-state index < -0.39 is 0 Å². The van der Waals surface area contributed by atoms with Gasteiger partial charge in [0.05, 0.1) is 15.9 Å². The van der Waals surface area contributed by atoms with Gasteiger partial charge in [0, 0.05) is 19.6 Å². The van der Waals surface area contributed by atoms with Crippen molar-refractivity contribution in [2.24, 2.45) is 13.0 Å². The topological polar surface area (TPSA) is 29.9 Å². The van der Waals surface area contributed by atoms with Crippen molar-refractivity contribution in [1.29, 1.82) is 0 Å². The van der Waals surface area contributed by atoms with Gasteiger partial charge < -0.3 is 5.32 Å². The number of hydrogen-bond acceptors (Lipinski definition) is 2. The van der Waals surface area contributed by atoms with Crippen molar-refractivity contribution >= 4 is 15.9 Å². The number of halogens is 1. The molecule has 1 saturated carbocycles. The Morgan fingerprint density at radius 1 is 1.50 bits per heavy atom. The van der Waals surface area contributed by atoms with Gasteiger partial charge in [0.1, 0.15) is 0 Å². The average Bonchev–Trinajstić information content (AvgIpc) is 2.98. The van der Waals surface area contributed by atoms with Crippen molar-refractivity contribution in [3.63, 3.8) is 0 Å². The Labute approximate surface area is 106 Å². The maximum Gasteiger partial charge on any atom is 0.0767 e. The van der Waals surface area contributed by atoms with E-state index in [1.165, 1.54) is 23.0 Å². The quantitative estimate of drug-likeness (QED) is 0.901. The van der Waals surface area contributed by atoms with Gasteiger partial charge in [0.2, 0.25) is 0 Å². The third-order valence-electron chi connectivity index (χ3n) is 3.48. The van der Waals surface area contributed by atoms with Gasteiger partial charge in [-0.25, -0.2) is 0 Å². The van der Waals surface area contributed by atoms with Crippen LogP contribution in [-0.2, 0) is 20.0 Å². The first kappa shape index (κ1) is 12.1. The summed E-state index contributed by atoms with van der Waals surface area (Å²) in [6.07, 6.45) is 3.62. The summed E-state index contributed by atoms with van der Waals surface area (Å²) in [6, 6.07) is 0.733. The summed E-state index contributed by atoms with van der Waals surface area (Å²) < 4.78 is 3.16. The molecule has 0 aliphatic heterocycles. The van der Waals surface area contributed by atoms with Crippen LogP contribution in [0.25, 0.3) is 0 Å². The Kier molecular flexibility index (Phi) is 3.70. The Morgan fingerprint density at radius 3 is 2.75 bits per heavy atom. The van der Waals surface area contributed by atoms with E-state index in [1.54, 1.807) is 0 Å². The molecule has 1 fully saturated rings. The number of aryl methyl sites for hydroxylation is 2. The molecular weight excluding hydrogens is 266 g/mol. The first-order valence-electron chi connectivity index (χ1n) is 6.11. The maximum absolute atomic E-state index is 4.50. The molecule has 2 atom stereocenters. The number of hydrogen-bond donors (Lipinski definition) is 1. The van der Waals surface area contributed by atoms with Crippen LogP contribution in [0.15, 0.2) is 4.47 Å². The van der Waals surface area contributed by atoms with E-state index in [4.69, 9.17) is 0 Å². The summed E-state index contributed by atoms with van der Waals surface area (Å²) in [7, 11) is 2.02. The molecule has 1 heterocycles.